The van der Waals surface area contributed by atoms with Crippen molar-refractivity contribution < 1.29 is 46.3 Å². The van der Waals surface area contributed by atoms with Gasteiger partial charge in [0.25, 0.3) is 0 Å². The van der Waals surface area contributed by atoms with E-state index in [1.807, 2.05) is 12.1 Å². The minimum atomic E-state index is -1.24. The Morgan fingerprint density at radius 2 is 1.00 bits per heavy atom. The van der Waals surface area contributed by atoms with E-state index in [9.17, 15) is 9.59 Å². The van der Waals surface area contributed by atoms with E-state index in [2.05, 4.69) is 0 Å². The first-order valence-electron chi connectivity index (χ1n) is 9.08. The van der Waals surface area contributed by atoms with Crippen LogP contribution in [-0.4, -0.2) is 35.4 Å². The molecule has 1 radical (unpaired) electrons. The molecule has 2 N–H and O–H groups in total. The van der Waals surface area contributed by atoms with E-state index in [-0.39, 0.29) is 17.1 Å². The van der Waals surface area contributed by atoms with Crippen LogP contribution >= 0.6 is 0 Å². The monoisotopic (exact) mass is 451 g/mol. The normalized spacial score (nSPS) is 14.2. The molecular weight excluding hydrogens is 424 g/mol. The second-order valence-electron chi connectivity index (χ2n) is 6.27. The second-order valence-corrected chi connectivity index (χ2v) is 6.27. The van der Waals surface area contributed by atoms with Gasteiger partial charge in [-0.15, -0.1) is 0 Å². The summed E-state index contributed by atoms with van der Waals surface area (Å²) in [4.78, 5) is 22.2. The Kier molecular flexibility index (Phi) is 11.5. The molecular formula is C22H28CuO6. The number of hydrogen-bond donors (Lipinski definition) is 2. The molecule has 0 spiro atoms. The number of carbonyl (C=O) groups is 2. The smallest absolute Gasteiger partial charge is 0.340 e. The predicted octanol–water partition coefficient (Wildman–Crippen LogP) is 4.04. The third kappa shape index (κ3) is 6.98. The van der Waals surface area contributed by atoms with Crippen molar-refractivity contribution in [1.29, 1.82) is 0 Å². The fourth-order valence-electron chi connectivity index (χ4n) is 2.63. The maximum atomic E-state index is 11.1. The van der Waals surface area contributed by atoms with Gasteiger partial charge in [-0.3, -0.25) is 0 Å². The average molecular weight is 452 g/mol. The zero-order valence-corrected chi connectivity index (χ0v) is 18.0. The minimum absolute atomic E-state index is 0. The van der Waals surface area contributed by atoms with Crippen LogP contribution in [-0.2, 0) is 47.3 Å². The molecule has 0 heterocycles. The Labute approximate surface area is 182 Å². The van der Waals surface area contributed by atoms with Gasteiger partial charge in [-0.2, -0.15) is 0 Å². The van der Waals surface area contributed by atoms with Crippen molar-refractivity contribution in [3.8, 4) is 0 Å². The van der Waals surface area contributed by atoms with Crippen molar-refractivity contribution in [3.05, 3.63) is 71.8 Å². The predicted molar refractivity (Wildman–Crippen MR) is 106 cm³/mol. The summed E-state index contributed by atoms with van der Waals surface area (Å²) in [5.41, 5.74) is -1.16. The van der Waals surface area contributed by atoms with Crippen LogP contribution in [0.15, 0.2) is 60.7 Å². The molecule has 2 aromatic rings. The Morgan fingerprint density at radius 1 is 0.724 bits per heavy atom. The molecule has 0 fully saturated rings. The van der Waals surface area contributed by atoms with Crippen LogP contribution in [0.25, 0.3) is 0 Å². The van der Waals surface area contributed by atoms with Gasteiger partial charge < -0.3 is 19.7 Å². The first-order valence-corrected chi connectivity index (χ1v) is 9.08. The molecule has 0 amide bonds. The van der Waals surface area contributed by atoms with Crippen molar-refractivity contribution in [2.75, 3.05) is 13.2 Å². The summed E-state index contributed by atoms with van der Waals surface area (Å²) in [5, 5.41) is 18.2. The molecule has 2 aromatic carbocycles. The number of carboxylic acids is 2. The van der Waals surface area contributed by atoms with Crippen LogP contribution in [0.1, 0.15) is 38.8 Å². The van der Waals surface area contributed by atoms with E-state index in [4.69, 9.17) is 19.7 Å². The fraction of sp³-hybridized carbons (Fsp3) is 0.364. The van der Waals surface area contributed by atoms with Gasteiger partial charge in [0.15, 0.2) is 11.2 Å². The molecule has 2 rings (SSSR count). The molecule has 0 aliphatic carbocycles. The topological polar surface area (TPSA) is 93.1 Å². The van der Waals surface area contributed by atoms with Crippen molar-refractivity contribution >= 4 is 11.9 Å². The fourth-order valence-corrected chi connectivity index (χ4v) is 2.63. The van der Waals surface area contributed by atoms with Gasteiger partial charge in [-0.1, -0.05) is 60.7 Å². The molecule has 163 valence electrons. The zero-order chi connectivity index (χ0) is 21.2. The number of rotatable bonds is 8. The summed E-state index contributed by atoms with van der Waals surface area (Å²) in [7, 11) is 0. The summed E-state index contributed by atoms with van der Waals surface area (Å²) in [5.74, 6) is -1.93. The van der Waals surface area contributed by atoms with Crippen LogP contribution in [0.2, 0.25) is 0 Å². The molecule has 2 unspecified atom stereocenters. The van der Waals surface area contributed by atoms with Crippen LogP contribution in [0, 0.1) is 0 Å². The van der Waals surface area contributed by atoms with E-state index in [1.165, 1.54) is 0 Å². The number of aliphatic carboxylic acids is 2. The van der Waals surface area contributed by atoms with Crippen molar-refractivity contribution in [2.45, 2.75) is 38.9 Å². The molecule has 0 saturated carbocycles. The summed E-state index contributed by atoms with van der Waals surface area (Å²) >= 11 is 0. The van der Waals surface area contributed by atoms with Gasteiger partial charge in [0.05, 0.1) is 0 Å². The Morgan fingerprint density at radius 3 is 1.21 bits per heavy atom. The molecule has 0 saturated heterocycles. The average Bonchev–Trinajstić information content (AvgIpc) is 2.70. The van der Waals surface area contributed by atoms with E-state index >= 15 is 0 Å². The van der Waals surface area contributed by atoms with Gasteiger partial charge in [0, 0.05) is 30.3 Å². The molecule has 6 nitrogen and oxygen atoms in total. The quantitative estimate of drug-likeness (QED) is 0.588. The molecule has 0 aliphatic heterocycles. The third-order valence-electron chi connectivity index (χ3n) is 4.33. The first-order chi connectivity index (χ1) is 13.2. The zero-order valence-electron chi connectivity index (χ0n) is 17.0. The maximum absolute atomic E-state index is 11.1. The third-order valence-corrected chi connectivity index (χ3v) is 4.33. The minimum Gasteiger partial charge on any atom is -0.479 e. The molecule has 2 atom stereocenters. The number of benzene rings is 2. The molecule has 0 aliphatic rings. The van der Waals surface area contributed by atoms with Gasteiger partial charge in [0.2, 0.25) is 0 Å². The molecule has 7 heteroatoms. The van der Waals surface area contributed by atoms with Crippen molar-refractivity contribution in [3.63, 3.8) is 0 Å². The summed E-state index contributed by atoms with van der Waals surface area (Å²) in [6.45, 7) is 7.44. The van der Waals surface area contributed by atoms with Gasteiger partial charge in [-0.25, -0.2) is 9.59 Å². The van der Waals surface area contributed by atoms with E-state index in [0.29, 0.717) is 24.3 Å². The summed E-state index contributed by atoms with van der Waals surface area (Å²) < 4.78 is 10.6. The second kappa shape index (κ2) is 12.4. The van der Waals surface area contributed by atoms with Crippen LogP contribution in [0.5, 0.6) is 0 Å². The first kappa shape index (κ1) is 26.8. The molecule has 0 bridgehead atoms. The maximum Gasteiger partial charge on any atom is 0.340 e. The standard InChI is InChI=1S/2C11H14O3.Cu/c2*1-3-14-11(2,10(12)13)9-7-5-4-6-8-9;/h2*4-8H,3H2,1-2H3,(H,12,13);. The van der Waals surface area contributed by atoms with Crippen molar-refractivity contribution in [1.82, 2.24) is 0 Å². The van der Waals surface area contributed by atoms with Gasteiger partial charge in [-0.05, 0) is 38.8 Å². The largest absolute Gasteiger partial charge is 0.479 e. The Balaban J connectivity index is 0.000000523. The van der Waals surface area contributed by atoms with Crippen molar-refractivity contribution in [2.24, 2.45) is 0 Å². The number of ether oxygens (including phenoxy) is 2. The summed E-state index contributed by atoms with van der Waals surface area (Å²) in [6, 6.07) is 17.9. The van der Waals surface area contributed by atoms with Crippen LogP contribution in [0.4, 0.5) is 0 Å². The van der Waals surface area contributed by atoms with E-state index < -0.39 is 23.1 Å². The number of carboxylic acid groups (broad SMARTS) is 2. The van der Waals surface area contributed by atoms with Crippen LogP contribution in [0.3, 0.4) is 0 Å². The molecule has 0 aromatic heterocycles. The Bertz CT molecular complexity index is 687. The van der Waals surface area contributed by atoms with Gasteiger partial charge in [0.1, 0.15) is 0 Å². The number of hydrogen-bond acceptors (Lipinski definition) is 4. The van der Waals surface area contributed by atoms with E-state index in [1.54, 1.807) is 76.2 Å². The summed E-state index contributed by atoms with van der Waals surface area (Å²) in [6.07, 6.45) is 0. The Hall–Kier alpha value is -2.18. The SMILES string of the molecule is CCOC(C)(C(=O)O)c1ccccc1.CCOC(C)(C(=O)O)c1ccccc1.[Cu]. The van der Waals surface area contributed by atoms with E-state index in [0.717, 1.165) is 0 Å². The molecule has 29 heavy (non-hydrogen) atoms. The van der Waals surface area contributed by atoms with Crippen LogP contribution < -0.4 is 0 Å². The van der Waals surface area contributed by atoms with Gasteiger partial charge >= 0.3 is 11.9 Å².